The third-order valence-corrected chi connectivity index (χ3v) is 9.72. The Morgan fingerprint density at radius 3 is 2.17 bits per heavy atom. The van der Waals surface area contributed by atoms with Gasteiger partial charge in [-0.2, -0.15) is 5.10 Å². The quantitative estimate of drug-likeness (QED) is 0.290. The van der Waals surface area contributed by atoms with Crippen molar-refractivity contribution >= 4 is 29.5 Å². The lowest BCUT2D eigenvalue weighted by molar-refractivity contribution is -0.148. The Kier molecular flexibility index (Phi) is 12.2. The summed E-state index contributed by atoms with van der Waals surface area (Å²) in [6.07, 6.45) is 1.33. The molecule has 14 nitrogen and oxygen atoms in total. The van der Waals surface area contributed by atoms with Gasteiger partial charge in [-0.15, -0.1) is 0 Å². The molecule has 3 atom stereocenters. The Labute approximate surface area is 304 Å². The van der Waals surface area contributed by atoms with Crippen molar-refractivity contribution in [2.45, 2.75) is 90.6 Å². The molecule has 3 aliphatic rings. The number of hydrogen-bond donors (Lipinski definition) is 4. The summed E-state index contributed by atoms with van der Waals surface area (Å²) in [7, 11) is 0. The van der Waals surface area contributed by atoms with Gasteiger partial charge in [0, 0.05) is 38.0 Å². The van der Waals surface area contributed by atoms with E-state index in [2.05, 4.69) is 33.3 Å². The molecule has 1 saturated heterocycles. The monoisotopic (exact) mass is 715 g/mol. The van der Waals surface area contributed by atoms with Gasteiger partial charge >= 0.3 is 0 Å². The topological polar surface area (TPSA) is 173 Å². The average Bonchev–Trinajstić information content (AvgIpc) is 3.40. The van der Waals surface area contributed by atoms with Gasteiger partial charge in [0.1, 0.15) is 42.8 Å². The summed E-state index contributed by atoms with van der Waals surface area (Å²) < 4.78 is 14.0. The van der Waals surface area contributed by atoms with Gasteiger partial charge in [-0.3, -0.25) is 28.7 Å². The van der Waals surface area contributed by atoms with Crippen LogP contribution in [0.15, 0.2) is 54.6 Å². The number of rotatable bonds is 5. The van der Waals surface area contributed by atoms with Gasteiger partial charge in [0.05, 0.1) is 12.2 Å². The number of hydrogen-bond acceptors (Lipinski definition) is 8. The first-order valence-corrected chi connectivity index (χ1v) is 17.8. The predicted molar refractivity (Wildman–Crippen MR) is 192 cm³/mol. The number of nitrogens with zero attached hydrogens (tertiary/aromatic N) is 3. The SMILES string of the molecule is CCc1c(C)nn(CC(=O)N2CCC3(CC2)Oc2ccc(cc2)OCCNC(=O)[C@H](C)NC(=O)[C@H](Cc2ccccc2)NC(=O)[C@H](C)NC3=O)c1C. The van der Waals surface area contributed by atoms with Crippen LogP contribution in [-0.2, 0) is 43.4 Å². The summed E-state index contributed by atoms with van der Waals surface area (Å²) in [5.41, 5.74) is 2.39. The van der Waals surface area contributed by atoms with E-state index in [0.717, 1.165) is 28.9 Å². The summed E-state index contributed by atoms with van der Waals surface area (Å²) in [6, 6.07) is 13.0. The molecule has 5 amide bonds. The number of carbonyl (C=O) groups excluding carboxylic acids is 5. The number of carbonyl (C=O) groups is 5. The van der Waals surface area contributed by atoms with E-state index >= 15 is 0 Å². The molecule has 4 heterocycles. The van der Waals surface area contributed by atoms with Crippen molar-refractivity contribution in [2.24, 2.45) is 0 Å². The zero-order valence-electron chi connectivity index (χ0n) is 30.5. The van der Waals surface area contributed by atoms with E-state index in [-0.39, 0.29) is 58.0 Å². The van der Waals surface area contributed by atoms with Gasteiger partial charge in [-0.1, -0.05) is 37.3 Å². The van der Waals surface area contributed by atoms with Crippen molar-refractivity contribution in [1.82, 2.24) is 35.9 Å². The Balaban J connectivity index is 1.36. The van der Waals surface area contributed by atoms with Gasteiger partial charge in [0.2, 0.25) is 23.6 Å². The van der Waals surface area contributed by atoms with Crippen molar-refractivity contribution < 1.29 is 33.4 Å². The molecular formula is C38H49N7O7. The minimum absolute atomic E-state index is 0.0889. The van der Waals surface area contributed by atoms with Crippen LogP contribution in [-0.4, -0.2) is 94.2 Å². The molecule has 2 aromatic carbocycles. The van der Waals surface area contributed by atoms with E-state index in [1.54, 1.807) is 40.8 Å². The van der Waals surface area contributed by atoms with Crippen LogP contribution in [0.4, 0.5) is 0 Å². The maximum Gasteiger partial charge on any atom is 0.264 e. The fourth-order valence-corrected chi connectivity index (χ4v) is 6.58. The molecule has 14 heteroatoms. The zero-order valence-corrected chi connectivity index (χ0v) is 30.5. The number of ether oxygens (including phenoxy) is 2. The summed E-state index contributed by atoms with van der Waals surface area (Å²) >= 11 is 0. The highest BCUT2D eigenvalue weighted by atomic mass is 16.5. The first-order valence-electron chi connectivity index (χ1n) is 17.8. The second-order valence-electron chi connectivity index (χ2n) is 13.4. The second-order valence-corrected chi connectivity index (χ2v) is 13.4. The molecule has 1 aromatic heterocycles. The predicted octanol–water partition coefficient (Wildman–Crippen LogP) is 1.75. The van der Waals surface area contributed by atoms with Gasteiger partial charge in [0.25, 0.3) is 5.91 Å². The first-order chi connectivity index (χ1) is 24.9. The third-order valence-electron chi connectivity index (χ3n) is 9.72. The Hall–Kier alpha value is -5.40. The molecule has 2 bridgehead atoms. The van der Waals surface area contributed by atoms with E-state index < -0.39 is 47.4 Å². The molecule has 1 spiro atoms. The van der Waals surface area contributed by atoms with E-state index in [0.29, 0.717) is 11.5 Å². The summed E-state index contributed by atoms with van der Waals surface area (Å²) in [6.45, 7) is 10.00. The fourth-order valence-electron chi connectivity index (χ4n) is 6.58. The highest BCUT2D eigenvalue weighted by Crippen LogP contribution is 2.31. The van der Waals surface area contributed by atoms with Crippen LogP contribution in [0.25, 0.3) is 0 Å². The molecule has 4 N–H and O–H groups in total. The molecule has 1 fully saturated rings. The van der Waals surface area contributed by atoms with Crippen LogP contribution in [0.2, 0.25) is 0 Å². The van der Waals surface area contributed by atoms with Crippen LogP contribution < -0.4 is 30.7 Å². The minimum atomic E-state index is -1.40. The van der Waals surface area contributed by atoms with Crippen molar-refractivity contribution in [3.8, 4) is 11.5 Å². The smallest absolute Gasteiger partial charge is 0.264 e. The second kappa shape index (κ2) is 16.7. The average molecular weight is 716 g/mol. The largest absolute Gasteiger partial charge is 0.492 e. The Bertz CT molecular complexity index is 1750. The standard InChI is InChI=1S/C38H49N7O7/c1-6-31-24(2)43-45(27(31)5)23-33(46)44-19-16-38(17-20-44)37(50)41-26(4)35(48)42-32(22-28-10-8-7-9-11-28)36(49)40-25(3)34(47)39-18-21-51-29-12-14-30(52-38)15-13-29/h7-15,25-26,32H,6,16-23H2,1-5H3,(H,39,47)(H,40,49)(H,41,50)(H,42,48)/t25-,26-,32-/m0/s1. The molecule has 6 rings (SSSR count). The van der Waals surface area contributed by atoms with E-state index in [1.165, 1.54) is 6.92 Å². The van der Waals surface area contributed by atoms with E-state index in [9.17, 15) is 24.0 Å². The molecule has 278 valence electrons. The fraction of sp³-hybridized carbons (Fsp3) is 0.474. The number of aryl methyl sites for hydroxylation is 1. The number of fused-ring (bicyclic) bond motifs is 15. The molecule has 3 aliphatic heterocycles. The first kappa shape index (κ1) is 37.8. The Morgan fingerprint density at radius 2 is 1.52 bits per heavy atom. The molecule has 52 heavy (non-hydrogen) atoms. The normalized spacial score (nSPS) is 21.6. The molecular weight excluding hydrogens is 666 g/mol. The van der Waals surface area contributed by atoms with Gasteiger partial charge in [0.15, 0.2) is 5.60 Å². The van der Waals surface area contributed by atoms with Crippen LogP contribution >= 0.6 is 0 Å². The summed E-state index contributed by atoms with van der Waals surface area (Å²) in [4.78, 5) is 69.1. The molecule has 0 aliphatic carbocycles. The number of likely N-dealkylation sites (tertiary alicyclic amines) is 1. The summed E-state index contributed by atoms with van der Waals surface area (Å²) in [5, 5.41) is 15.6. The minimum Gasteiger partial charge on any atom is -0.492 e. The molecule has 3 aromatic rings. The van der Waals surface area contributed by atoms with Crippen LogP contribution in [0.5, 0.6) is 11.5 Å². The molecule has 0 radical (unpaired) electrons. The third kappa shape index (κ3) is 9.09. The lowest BCUT2D eigenvalue weighted by atomic mass is 9.89. The zero-order chi connectivity index (χ0) is 37.4. The van der Waals surface area contributed by atoms with E-state index in [4.69, 9.17) is 9.47 Å². The van der Waals surface area contributed by atoms with Gasteiger partial charge in [-0.05, 0) is 69.5 Å². The van der Waals surface area contributed by atoms with Crippen LogP contribution in [0.3, 0.4) is 0 Å². The lowest BCUT2D eigenvalue weighted by Gasteiger charge is -2.41. The van der Waals surface area contributed by atoms with Crippen molar-refractivity contribution in [2.75, 3.05) is 26.2 Å². The van der Waals surface area contributed by atoms with Crippen molar-refractivity contribution in [3.05, 3.63) is 77.1 Å². The number of nitrogens with one attached hydrogen (secondary N) is 4. The van der Waals surface area contributed by atoms with Crippen molar-refractivity contribution in [3.63, 3.8) is 0 Å². The maximum atomic E-state index is 14.2. The van der Waals surface area contributed by atoms with Crippen molar-refractivity contribution in [1.29, 1.82) is 0 Å². The number of aromatic nitrogens is 2. The number of benzene rings is 2. The Morgan fingerprint density at radius 1 is 0.865 bits per heavy atom. The van der Waals surface area contributed by atoms with E-state index in [1.807, 2.05) is 44.2 Å². The van der Waals surface area contributed by atoms with Gasteiger partial charge < -0.3 is 35.6 Å². The molecule has 0 saturated carbocycles. The van der Waals surface area contributed by atoms with Crippen LogP contribution in [0.1, 0.15) is 56.1 Å². The number of piperidine rings is 1. The maximum absolute atomic E-state index is 14.2. The molecule has 0 unspecified atom stereocenters. The number of amides is 5. The van der Waals surface area contributed by atoms with Crippen LogP contribution in [0, 0.1) is 13.8 Å². The summed E-state index contributed by atoms with van der Waals surface area (Å²) in [5.74, 6) is -1.24. The lowest BCUT2D eigenvalue weighted by Crippen LogP contribution is -2.62. The van der Waals surface area contributed by atoms with Gasteiger partial charge in [-0.25, -0.2) is 0 Å². The highest BCUT2D eigenvalue weighted by Gasteiger charge is 2.46. The highest BCUT2D eigenvalue weighted by molar-refractivity contribution is 5.95.